The van der Waals surface area contributed by atoms with Crippen LogP contribution < -0.4 is 4.43 Å². The molecular formula is C16H26O2Si. The molecule has 1 unspecified atom stereocenters. The van der Waals surface area contributed by atoms with Gasteiger partial charge in [0.1, 0.15) is 5.75 Å². The number of fused-ring (bicyclic) bond motifs is 1. The summed E-state index contributed by atoms with van der Waals surface area (Å²) in [5.74, 6) is 1.04. The quantitative estimate of drug-likeness (QED) is 0.740. The Morgan fingerprint density at radius 1 is 1.26 bits per heavy atom. The van der Waals surface area contributed by atoms with Crippen LogP contribution in [0.3, 0.4) is 0 Å². The van der Waals surface area contributed by atoms with Gasteiger partial charge in [-0.3, -0.25) is 0 Å². The Balaban J connectivity index is 2.30. The molecule has 1 aliphatic heterocycles. The van der Waals surface area contributed by atoms with Crippen LogP contribution in [0.1, 0.15) is 38.8 Å². The summed E-state index contributed by atoms with van der Waals surface area (Å²) in [5, 5.41) is 0.221. The molecule has 0 aliphatic carbocycles. The van der Waals surface area contributed by atoms with Crippen molar-refractivity contribution < 1.29 is 9.16 Å². The lowest BCUT2D eigenvalue weighted by atomic mass is 9.99. The van der Waals surface area contributed by atoms with Gasteiger partial charge in [0, 0.05) is 5.56 Å². The van der Waals surface area contributed by atoms with Crippen LogP contribution in [0, 0.1) is 0 Å². The molecule has 1 aromatic rings. The number of hydrogen-bond donors (Lipinski definition) is 0. The standard InChI is InChI=1S/C16H26O2Si/c1-12-10-13-8-7-9-15(14(13)11-17-12)18-19(5,6)16(2,3)4/h7-9,12H,10-11H2,1-6H3. The summed E-state index contributed by atoms with van der Waals surface area (Å²) in [7, 11) is -1.78. The lowest BCUT2D eigenvalue weighted by Gasteiger charge is -2.37. The second kappa shape index (κ2) is 4.95. The Kier molecular flexibility index (Phi) is 3.80. The molecule has 0 saturated heterocycles. The maximum Gasteiger partial charge on any atom is 0.250 e. The topological polar surface area (TPSA) is 18.5 Å². The molecule has 19 heavy (non-hydrogen) atoms. The third-order valence-electron chi connectivity index (χ3n) is 4.42. The first-order valence-electron chi connectivity index (χ1n) is 7.12. The zero-order valence-corrected chi connectivity index (χ0v) is 14.0. The van der Waals surface area contributed by atoms with Crippen molar-refractivity contribution in [1.82, 2.24) is 0 Å². The van der Waals surface area contributed by atoms with Crippen molar-refractivity contribution in [3.8, 4) is 5.75 Å². The zero-order chi connectivity index (χ0) is 14.3. The molecule has 1 atom stereocenters. The highest BCUT2D eigenvalue weighted by Crippen LogP contribution is 2.39. The molecule has 0 spiro atoms. The molecule has 0 bridgehead atoms. The monoisotopic (exact) mass is 278 g/mol. The minimum atomic E-state index is -1.78. The summed E-state index contributed by atoms with van der Waals surface area (Å²) in [5.41, 5.74) is 2.64. The van der Waals surface area contributed by atoms with Crippen molar-refractivity contribution >= 4 is 8.32 Å². The predicted molar refractivity (Wildman–Crippen MR) is 82.2 cm³/mol. The Morgan fingerprint density at radius 2 is 1.95 bits per heavy atom. The Hall–Kier alpha value is -0.803. The first-order chi connectivity index (χ1) is 8.71. The third kappa shape index (κ3) is 3.03. The molecule has 3 heteroatoms. The Labute approximate surface area is 118 Å². The van der Waals surface area contributed by atoms with E-state index in [0.29, 0.717) is 12.7 Å². The Bertz CT molecular complexity index is 460. The summed E-state index contributed by atoms with van der Waals surface area (Å²) in [6, 6.07) is 6.41. The highest BCUT2D eigenvalue weighted by Gasteiger charge is 2.39. The van der Waals surface area contributed by atoms with Crippen LogP contribution in [-0.4, -0.2) is 14.4 Å². The number of rotatable bonds is 2. The van der Waals surface area contributed by atoms with E-state index in [2.05, 4.69) is 59.0 Å². The van der Waals surface area contributed by atoms with Gasteiger partial charge >= 0.3 is 0 Å². The molecule has 1 heterocycles. The van der Waals surface area contributed by atoms with E-state index in [9.17, 15) is 0 Å². The fourth-order valence-corrected chi connectivity index (χ4v) is 3.13. The van der Waals surface area contributed by atoms with Crippen LogP contribution in [0.4, 0.5) is 0 Å². The lowest BCUT2D eigenvalue weighted by molar-refractivity contribution is 0.0400. The summed E-state index contributed by atoms with van der Waals surface area (Å²) in [4.78, 5) is 0. The van der Waals surface area contributed by atoms with E-state index in [1.165, 1.54) is 11.1 Å². The van der Waals surface area contributed by atoms with E-state index in [1.807, 2.05) is 0 Å². The first kappa shape index (κ1) is 14.6. The largest absolute Gasteiger partial charge is 0.543 e. The normalized spacial score (nSPS) is 20.0. The van der Waals surface area contributed by atoms with Crippen LogP contribution in [0.2, 0.25) is 18.1 Å². The number of ether oxygens (including phenoxy) is 1. The molecule has 106 valence electrons. The first-order valence-corrected chi connectivity index (χ1v) is 10.0. The minimum absolute atomic E-state index is 0.221. The lowest BCUT2D eigenvalue weighted by Crippen LogP contribution is -2.44. The van der Waals surface area contributed by atoms with E-state index in [-0.39, 0.29) is 5.04 Å². The molecule has 0 N–H and O–H groups in total. The van der Waals surface area contributed by atoms with Gasteiger partial charge in [0.25, 0.3) is 0 Å². The number of hydrogen-bond acceptors (Lipinski definition) is 2. The van der Waals surface area contributed by atoms with Gasteiger partial charge in [0.05, 0.1) is 12.7 Å². The SMILES string of the molecule is CC1Cc2cccc(O[Si](C)(C)C(C)(C)C)c2CO1. The molecule has 1 aliphatic rings. The third-order valence-corrected chi connectivity index (χ3v) is 8.76. The summed E-state index contributed by atoms with van der Waals surface area (Å²) in [6.07, 6.45) is 1.31. The van der Waals surface area contributed by atoms with Gasteiger partial charge in [-0.1, -0.05) is 32.9 Å². The van der Waals surface area contributed by atoms with Crippen molar-refractivity contribution in [3.63, 3.8) is 0 Å². The molecule has 0 saturated carbocycles. The molecule has 0 radical (unpaired) electrons. The van der Waals surface area contributed by atoms with Crippen LogP contribution >= 0.6 is 0 Å². The smallest absolute Gasteiger partial charge is 0.250 e. The molecule has 0 aromatic heterocycles. The van der Waals surface area contributed by atoms with E-state index in [4.69, 9.17) is 9.16 Å². The van der Waals surface area contributed by atoms with Gasteiger partial charge in [0.15, 0.2) is 0 Å². The number of benzene rings is 1. The Morgan fingerprint density at radius 3 is 2.58 bits per heavy atom. The molecule has 0 amide bonds. The fraction of sp³-hybridized carbons (Fsp3) is 0.625. The van der Waals surface area contributed by atoms with Gasteiger partial charge in [-0.15, -0.1) is 0 Å². The van der Waals surface area contributed by atoms with Crippen LogP contribution in [-0.2, 0) is 17.8 Å². The minimum Gasteiger partial charge on any atom is -0.543 e. The molecule has 2 rings (SSSR count). The second-order valence-corrected chi connectivity index (χ2v) is 11.8. The summed E-state index contributed by atoms with van der Waals surface area (Å²) >= 11 is 0. The van der Waals surface area contributed by atoms with E-state index in [0.717, 1.165) is 12.2 Å². The van der Waals surface area contributed by atoms with Gasteiger partial charge in [-0.25, -0.2) is 0 Å². The van der Waals surface area contributed by atoms with Crippen molar-refractivity contribution in [2.24, 2.45) is 0 Å². The van der Waals surface area contributed by atoms with Crippen molar-refractivity contribution in [3.05, 3.63) is 29.3 Å². The maximum absolute atomic E-state index is 6.46. The average molecular weight is 278 g/mol. The van der Waals surface area contributed by atoms with Crippen LogP contribution in [0.15, 0.2) is 18.2 Å². The fourth-order valence-electron chi connectivity index (χ4n) is 2.08. The molecule has 2 nitrogen and oxygen atoms in total. The van der Waals surface area contributed by atoms with Crippen LogP contribution in [0.5, 0.6) is 5.75 Å². The predicted octanol–water partition coefficient (Wildman–Crippen LogP) is 4.53. The summed E-state index contributed by atoms with van der Waals surface area (Å²) in [6.45, 7) is 14.2. The van der Waals surface area contributed by atoms with Crippen molar-refractivity contribution in [2.75, 3.05) is 0 Å². The zero-order valence-electron chi connectivity index (χ0n) is 13.0. The van der Waals surface area contributed by atoms with Crippen molar-refractivity contribution in [2.45, 2.75) is 65.0 Å². The van der Waals surface area contributed by atoms with Gasteiger partial charge < -0.3 is 9.16 Å². The maximum atomic E-state index is 6.46. The second-order valence-electron chi connectivity index (χ2n) is 7.08. The van der Waals surface area contributed by atoms with Gasteiger partial charge in [-0.2, -0.15) is 0 Å². The van der Waals surface area contributed by atoms with Crippen LogP contribution in [0.25, 0.3) is 0 Å². The molecule has 0 fully saturated rings. The highest BCUT2D eigenvalue weighted by atomic mass is 28.4. The molecule has 1 aromatic carbocycles. The van der Waals surface area contributed by atoms with E-state index >= 15 is 0 Å². The van der Waals surface area contributed by atoms with Crippen molar-refractivity contribution in [1.29, 1.82) is 0 Å². The van der Waals surface area contributed by atoms with Gasteiger partial charge in [0.2, 0.25) is 8.32 Å². The average Bonchev–Trinajstić information content (AvgIpc) is 2.26. The summed E-state index contributed by atoms with van der Waals surface area (Å²) < 4.78 is 12.2. The molecular weight excluding hydrogens is 252 g/mol. The van der Waals surface area contributed by atoms with E-state index in [1.54, 1.807) is 0 Å². The van der Waals surface area contributed by atoms with Gasteiger partial charge in [-0.05, 0) is 43.1 Å². The highest BCUT2D eigenvalue weighted by molar-refractivity contribution is 6.74. The van der Waals surface area contributed by atoms with E-state index < -0.39 is 8.32 Å².